The van der Waals surface area contributed by atoms with Gasteiger partial charge in [0, 0.05) is 29.8 Å². The number of carbonyl (C=O) groups is 1. The minimum absolute atomic E-state index is 0.195. The lowest BCUT2D eigenvalue weighted by molar-refractivity contribution is 0.0172. The fourth-order valence-electron chi connectivity index (χ4n) is 2.75. The van der Waals surface area contributed by atoms with Crippen LogP contribution in [0.2, 0.25) is 0 Å². The summed E-state index contributed by atoms with van der Waals surface area (Å²) < 4.78 is 6.55. The van der Waals surface area contributed by atoms with Gasteiger partial charge in [-0.3, -0.25) is 0 Å². The Bertz CT molecular complexity index is 554. The third-order valence-electron chi connectivity index (χ3n) is 3.87. The van der Waals surface area contributed by atoms with Gasteiger partial charge in [-0.05, 0) is 80.1 Å². The standard InChI is InChI=1S/C18H27BrN2O2/c1-13-7-8-15(19)16(10-13)20-11-14-6-5-9-21(12-14)17(22)23-18(2,3)4/h7-8,10,14,20H,5-6,9,11-12H2,1-4H3. The summed E-state index contributed by atoms with van der Waals surface area (Å²) in [7, 11) is 0. The van der Waals surface area contributed by atoms with Gasteiger partial charge in [0.2, 0.25) is 0 Å². The summed E-state index contributed by atoms with van der Waals surface area (Å²) in [5, 5.41) is 3.51. The van der Waals surface area contributed by atoms with Crippen LogP contribution in [0.1, 0.15) is 39.2 Å². The number of nitrogens with zero attached hydrogens (tertiary/aromatic N) is 1. The van der Waals surface area contributed by atoms with Crippen molar-refractivity contribution in [2.75, 3.05) is 25.0 Å². The molecule has 1 unspecified atom stereocenters. The van der Waals surface area contributed by atoms with E-state index >= 15 is 0 Å². The Morgan fingerprint density at radius 3 is 2.87 bits per heavy atom. The molecular formula is C18H27BrN2O2. The number of hydrogen-bond donors (Lipinski definition) is 1. The van der Waals surface area contributed by atoms with Gasteiger partial charge in [-0.2, -0.15) is 0 Å². The van der Waals surface area contributed by atoms with Crippen LogP contribution in [0.15, 0.2) is 22.7 Å². The molecule has 0 bridgehead atoms. The lowest BCUT2D eigenvalue weighted by Crippen LogP contribution is -2.44. The van der Waals surface area contributed by atoms with E-state index in [0.29, 0.717) is 5.92 Å². The van der Waals surface area contributed by atoms with Gasteiger partial charge < -0.3 is 15.0 Å². The van der Waals surface area contributed by atoms with Gasteiger partial charge in [-0.1, -0.05) is 6.07 Å². The number of carbonyl (C=O) groups excluding carboxylic acids is 1. The lowest BCUT2D eigenvalue weighted by Gasteiger charge is -2.34. The molecule has 1 fully saturated rings. The van der Waals surface area contributed by atoms with Crippen LogP contribution in [0.25, 0.3) is 0 Å². The molecule has 1 atom stereocenters. The molecule has 1 saturated heterocycles. The van der Waals surface area contributed by atoms with Crippen LogP contribution >= 0.6 is 15.9 Å². The van der Waals surface area contributed by atoms with Crippen molar-refractivity contribution in [2.45, 2.75) is 46.1 Å². The summed E-state index contributed by atoms with van der Waals surface area (Å²) in [6.07, 6.45) is 1.97. The number of anilines is 1. The predicted molar refractivity (Wildman–Crippen MR) is 97.9 cm³/mol. The van der Waals surface area contributed by atoms with E-state index in [0.717, 1.165) is 42.6 Å². The van der Waals surface area contributed by atoms with Crippen molar-refractivity contribution in [1.29, 1.82) is 0 Å². The van der Waals surface area contributed by atoms with Crippen molar-refractivity contribution < 1.29 is 9.53 Å². The van der Waals surface area contributed by atoms with Crippen LogP contribution in [-0.2, 0) is 4.74 Å². The highest BCUT2D eigenvalue weighted by Crippen LogP contribution is 2.25. The summed E-state index contributed by atoms with van der Waals surface area (Å²) in [6, 6.07) is 6.28. The smallest absolute Gasteiger partial charge is 0.410 e. The van der Waals surface area contributed by atoms with Gasteiger partial charge in [0.25, 0.3) is 0 Å². The number of amides is 1. The quantitative estimate of drug-likeness (QED) is 0.814. The number of nitrogens with one attached hydrogen (secondary N) is 1. The van der Waals surface area contributed by atoms with Gasteiger partial charge in [0.1, 0.15) is 5.60 Å². The summed E-state index contributed by atoms with van der Waals surface area (Å²) in [5.41, 5.74) is 1.91. The second-order valence-corrected chi connectivity index (χ2v) is 8.15. The monoisotopic (exact) mass is 382 g/mol. The lowest BCUT2D eigenvalue weighted by atomic mass is 9.98. The van der Waals surface area contributed by atoms with Gasteiger partial charge in [-0.25, -0.2) is 4.79 Å². The maximum atomic E-state index is 12.2. The maximum absolute atomic E-state index is 12.2. The first-order chi connectivity index (χ1) is 10.7. The molecule has 1 heterocycles. The highest BCUT2D eigenvalue weighted by atomic mass is 79.9. The SMILES string of the molecule is Cc1ccc(Br)c(NCC2CCCN(C(=O)OC(C)(C)C)C2)c1. The van der Waals surface area contributed by atoms with E-state index in [1.54, 1.807) is 0 Å². The summed E-state index contributed by atoms with van der Waals surface area (Å²) in [4.78, 5) is 14.0. The molecule has 4 nitrogen and oxygen atoms in total. The van der Waals surface area contributed by atoms with Gasteiger partial charge in [0.15, 0.2) is 0 Å². The van der Waals surface area contributed by atoms with Crippen molar-refractivity contribution in [2.24, 2.45) is 5.92 Å². The molecule has 5 heteroatoms. The summed E-state index contributed by atoms with van der Waals surface area (Å²) in [6.45, 7) is 10.2. The van der Waals surface area contributed by atoms with Gasteiger partial charge in [-0.15, -0.1) is 0 Å². The molecule has 1 aliphatic rings. The number of rotatable bonds is 3. The average molecular weight is 383 g/mol. The van der Waals surface area contributed by atoms with E-state index in [9.17, 15) is 4.79 Å². The molecule has 128 valence electrons. The third-order valence-corrected chi connectivity index (χ3v) is 4.57. The van der Waals surface area contributed by atoms with Crippen molar-refractivity contribution in [1.82, 2.24) is 4.90 Å². The van der Waals surface area contributed by atoms with Crippen LogP contribution in [0.3, 0.4) is 0 Å². The zero-order chi connectivity index (χ0) is 17.0. The Morgan fingerprint density at radius 1 is 1.43 bits per heavy atom. The van der Waals surface area contributed by atoms with E-state index in [-0.39, 0.29) is 6.09 Å². The highest BCUT2D eigenvalue weighted by molar-refractivity contribution is 9.10. The fraction of sp³-hybridized carbons (Fsp3) is 0.611. The molecule has 1 aliphatic heterocycles. The topological polar surface area (TPSA) is 41.6 Å². The van der Waals surface area contributed by atoms with Crippen LogP contribution in [-0.4, -0.2) is 36.2 Å². The number of piperidine rings is 1. The first-order valence-electron chi connectivity index (χ1n) is 8.22. The number of aryl methyl sites for hydroxylation is 1. The Morgan fingerprint density at radius 2 is 2.17 bits per heavy atom. The number of ether oxygens (including phenoxy) is 1. The van der Waals surface area contributed by atoms with Crippen LogP contribution in [0.4, 0.5) is 10.5 Å². The van der Waals surface area contributed by atoms with Crippen molar-refractivity contribution >= 4 is 27.7 Å². The van der Waals surface area contributed by atoms with Gasteiger partial charge in [0.05, 0.1) is 0 Å². The molecule has 0 aliphatic carbocycles. The molecule has 1 aromatic carbocycles. The number of likely N-dealkylation sites (tertiary alicyclic amines) is 1. The van der Waals surface area contributed by atoms with Crippen molar-refractivity contribution in [3.8, 4) is 0 Å². The average Bonchev–Trinajstić information content (AvgIpc) is 2.47. The Hall–Kier alpha value is -1.23. The van der Waals surface area contributed by atoms with E-state index < -0.39 is 5.60 Å². The third kappa shape index (κ3) is 5.72. The molecule has 2 rings (SSSR count). The minimum Gasteiger partial charge on any atom is -0.444 e. The van der Waals surface area contributed by atoms with E-state index in [1.165, 1.54) is 5.56 Å². The predicted octanol–water partition coefficient (Wildman–Crippen LogP) is 4.82. The zero-order valence-electron chi connectivity index (χ0n) is 14.5. The molecule has 0 radical (unpaired) electrons. The first kappa shape index (κ1) is 18.1. The Labute approximate surface area is 147 Å². The maximum Gasteiger partial charge on any atom is 0.410 e. The summed E-state index contributed by atoms with van der Waals surface area (Å²) in [5.74, 6) is 0.448. The number of hydrogen-bond acceptors (Lipinski definition) is 3. The van der Waals surface area contributed by atoms with E-state index in [2.05, 4.69) is 46.4 Å². The molecule has 1 N–H and O–H groups in total. The Kier molecular flexibility index (Phi) is 5.95. The largest absolute Gasteiger partial charge is 0.444 e. The second-order valence-electron chi connectivity index (χ2n) is 7.30. The zero-order valence-corrected chi connectivity index (χ0v) is 16.1. The molecular weight excluding hydrogens is 356 g/mol. The normalized spacial score (nSPS) is 18.7. The number of benzene rings is 1. The molecule has 1 amide bonds. The molecule has 23 heavy (non-hydrogen) atoms. The van der Waals surface area contributed by atoms with Crippen LogP contribution in [0, 0.1) is 12.8 Å². The van der Waals surface area contributed by atoms with E-state index in [4.69, 9.17) is 4.74 Å². The first-order valence-corrected chi connectivity index (χ1v) is 9.02. The van der Waals surface area contributed by atoms with Gasteiger partial charge >= 0.3 is 6.09 Å². The van der Waals surface area contributed by atoms with Crippen LogP contribution in [0.5, 0.6) is 0 Å². The summed E-state index contributed by atoms with van der Waals surface area (Å²) >= 11 is 3.58. The molecule has 0 spiro atoms. The molecule has 0 saturated carbocycles. The second kappa shape index (κ2) is 7.56. The van der Waals surface area contributed by atoms with E-state index in [1.807, 2.05) is 25.7 Å². The highest BCUT2D eigenvalue weighted by Gasteiger charge is 2.27. The van der Waals surface area contributed by atoms with Crippen molar-refractivity contribution in [3.05, 3.63) is 28.2 Å². The van der Waals surface area contributed by atoms with Crippen molar-refractivity contribution in [3.63, 3.8) is 0 Å². The fourth-order valence-corrected chi connectivity index (χ4v) is 3.14. The molecule has 0 aromatic heterocycles. The molecule has 1 aromatic rings. The minimum atomic E-state index is -0.436. The van der Waals surface area contributed by atoms with Crippen LogP contribution < -0.4 is 5.32 Å². The Balaban J connectivity index is 1.89. The number of halogens is 1.